The van der Waals surface area contributed by atoms with Crippen LogP contribution in [0.4, 0.5) is 0 Å². The maximum atomic E-state index is 5.40. The molecule has 0 aliphatic carbocycles. The van der Waals surface area contributed by atoms with E-state index >= 15 is 0 Å². The highest BCUT2D eigenvalue weighted by Crippen LogP contribution is 1.97. The van der Waals surface area contributed by atoms with Crippen LogP contribution >= 0.6 is 0 Å². The quantitative estimate of drug-likeness (QED) is 0.626. The van der Waals surface area contributed by atoms with Crippen molar-refractivity contribution in [3.63, 3.8) is 0 Å². The molecule has 0 unspecified atom stereocenters. The first-order valence-electron chi connectivity index (χ1n) is 4.39. The van der Waals surface area contributed by atoms with E-state index in [0.717, 1.165) is 18.7 Å². The zero-order valence-corrected chi connectivity index (χ0v) is 7.79. The zero-order chi connectivity index (χ0) is 8.81. The van der Waals surface area contributed by atoms with Crippen LogP contribution in [0.1, 0.15) is 25.5 Å². The number of hydrogen-bond donors (Lipinski definition) is 0. The molecule has 0 aromatic carbocycles. The van der Waals surface area contributed by atoms with E-state index in [2.05, 4.69) is 12.0 Å². The third-order valence-corrected chi connectivity index (χ3v) is 1.66. The van der Waals surface area contributed by atoms with Gasteiger partial charge in [0.05, 0.1) is 12.3 Å². The van der Waals surface area contributed by atoms with Gasteiger partial charge in [0.25, 0.3) is 0 Å². The third kappa shape index (κ3) is 3.05. The molecule has 0 aliphatic rings. The van der Waals surface area contributed by atoms with E-state index in [1.165, 1.54) is 6.42 Å². The minimum Gasteiger partial charge on any atom is -0.375 e. The Morgan fingerprint density at radius 2 is 2.42 bits per heavy atom. The summed E-state index contributed by atoms with van der Waals surface area (Å²) in [5.74, 6) is 0. The molecule has 3 nitrogen and oxygen atoms in total. The second-order valence-electron chi connectivity index (χ2n) is 2.89. The lowest BCUT2D eigenvalue weighted by Gasteiger charge is -1.99. The first-order valence-corrected chi connectivity index (χ1v) is 4.39. The third-order valence-electron chi connectivity index (χ3n) is 1.66. The molecule has 0 N–H and O–H groups in total. The summed E-state index contributed by atoms with van der Waals surface area (Å²) in [4.78, 5) is 0. The molecular formula is C9H16N2O. The van der Waals surface area contributed by atoms with Gasteiger partial charge in [-0.2, -0.15) is 5.10 Å². The molecule has 1 aromatic heterocycles. The summed E-state index contributed by atoms with van der Waals surface area (Å²) >= 11 is 0. The Balaban J connectivity index is 2.15. The van der Waals surface area contributed by atoms with Gasteiger partial charge in [-0.3, -0.25) is 4.68 Å². The van der Waals surface area contributed by atoms with Gasteiger partial charge in [-0.25, -0.2) is 0 Å². The standard InChI is InChI=1S/C9H16N2O/c1-3-4-7-12-8-9-5-6-11(2)10-9/h5-6H,3-4,7-8H2,1-2H3. The average Bonchev–Trinajstić information content (AvgIpc) is 2.45. The normalized spacial score (nSPS) is 10.5. The first-order chi connectivity index (χ1) is 5.83. The Morgan fingerprint density at radius 3 is 3.00 bits per heavy atom. The lowest BCUT2D eigenvalue weighted by molar-refractivity contribution is 0.115. The minimum absolute atomic E-state index is 0.640. The zero-order valence-electron chi connectivity index (χ0n) is 7.79. The Labute approximate surface area is 73.3 Å². The highest BCUT2D eigenvalue weighted by atomic mass is 16.5. The van der Waals surface area contributed by atoms with E-state index in [-0.39, 0.29) is 0 Å². The average molecular weight is 168 g/mol. The number of aryl methyl sites for hydroxylation is 1. The van der Waals surface area contributed by atoms with Crippen molar-refractivity contribution in [3.8, 4) is 0 Å². The molecule has 0 fully saturated rings. The number of rotatable bonds is 5. The fourth-order valence-electron chi connectivity index (χ4n) is 0.963. The highest BCUT2D eigenvalue weighted by molar-refractivity contribution is 4.96. The van der Waals surface area contributed by atoms with E-state index in [4.69, 9.17) is 4.74 Å². The van der Waals surface area contributed by atoms with E-state index in [9.17, 15) is 0 Å². The predicted molar refractivity (Wildman–Crippen MR) is 47.8 cm³/mol. The van der Waals surface area contributed by atoms with Gasteiger partial charge in [-0.15, -0.1) is 0 Å². The van der Waals surface area contributed by atoms with Crippen LogP contribution in [-0.2, 0) is 18.4 Å². The molecule has 0 saturated carbocycles. The maximum absolute atomic E-state index is 5.40. The summed E-state index contributed by atoms with van der Waals surface area (Å²) < 4.78 is 7.19. The van der Waals surface area contributed by atoms with Crippen molar-refractivity contribution in [2.75, 3.05) is 6.61 Å². The minimum atomic E-state index is 0.640. The number of hydrogen-bond acceptors (Lipinski definition) is 2. The lowest BCUT2D eigenvalue weighted by atomic mass is 10.4. The first kappa shape index (κ1) is 9.26. The number of aromatic nitrogens is 2. The fraction of sp³-hybridized carbons (Fsp3) is 0.667. The van der Waals surface area contributed by atoms with Crippen LogP contribution in [0.2, 0.25) is 0 Å². The second kappa shape index (κ2) is 4.93. The van der Waals surface area contributed by atoms with E-state index < -0.39 is 0 Å². The van der Waals surface area contributed by atoms with Gasteiger partial charge in [0.2, 0.25) is 0 Å². The Morgan fingerprint density at radius 1 is 1.58 bits per heavy atom. The molecule has 0 atom stereocenters. The van der Waals surface area contributed by atoms with Crippen LogP contribution < -0.4 is 0 Å². The van der Waals surface area contributed by atoms with Gasteiger partial charge in [-0.1, -0.05) is 13.3 Å². The number of unbranched alkanes of at least 4 members (excludes halogenated alkanes) is 1. The SMILES string of the molecule is CCCCOCc1ccn(C)n1. The van der Waals surface area contributed by atoms with Crippen LogP contribution in [0.3, 0.4) is 0 Å². The summed E-state index contributed by atoms with van der Waals surface area (Å²) in [6, 6.07) is 1.98. The van der Waals surface area contributed by atoms with Crippen molar-refractivity contribution < 1.29 is 4.74 Å². The second-order valence-corrected chi connectivity index (χ2v) is 2.89. The van der Waals surface area contributed by atoms with Gasteiger partial charge in [0.1, 0.15) is 0 Å². The molecule has 3 heteroatoms. The van der Waals surface area contributed by atoms with Crippen molar-refractivity contribution >= 4 is 0 Å². The number of ether oxygens (including phenoxy) is 1. The van der Waals surface area contributed by atoms with Crippen LogP contribution in [-0.4, -0.2) is 16.4 Å². The topological polar surface area (TPSA) is 27.1 Å². The van der Waals surface area contributed by atoms with E-state index in [0.29, 0.717) is 6.61 Å². The number of nitrogens with zero attached hydrogens (tertiary/aromatic N) is 2. The van der Waals surface area contributed by atoms with Crippen LogP contribution in [0.25, 0.3) is 0 Å². The molecule has 0 amide bonds. The Kier molecular flexibility index (Phi) is 3.80. The van der Waals surface area contributed by atoms with Gasteiger partial charge in [0, 0.05) is 19.9 Å². The smallest absolute Gasteiger partial charge is 0.0906 e. The molecule has 0 bridgehead atoms. The molecule has 12 heavy (non-hydrogen) atoms. The molecule has 0 saturated heterocycles. The summed E-state index contributed by atoms with van der Waals surface area (Å²) in [5, 5.41) is 4.20. The molecule has 1 rings (SSSR count). The molecular weight excluding hydrogens is 152 g/mol. The Hall–Kier alpha value is -0.830. The molecule has 1 aromatic rings. The van der Waals surface area contributed by atoms with Crippen molar-refractivity contribution in [2.24, 2.45) is 7.05 Å². The summed E-state index contributed by atoms with van der Waals surface area (Å²) in [5.41, 5.74) is 1.01. The lowest BCUT2D eigenvalue weighted by Crippen LogP contribution is -1.97. The summed E-state index contributed by atoms with van der Waals surface area (Å²) in [6.45, 7) is 3.64. The van der Waals surface area contributed by atoms with E-state index in [1.807, 2.05) is 19.3 Å². The molecule has 0 spiro atoms. The van der Waals surface area contributed by atoms with E-state index in [1.54, 1.807) is 4.68 Å². The van der Waals surface area contributed by atoms with Crippen molar-refractivity contribution in [3.05, 3.63) is 18.0 Å². The monoisotopic (exact) mass is 168 g/mol. The fourth-order valence-corrected chi connectivity index (χ4v) is 0.963. The van der Waals surface area contributed by atoms with Crippen molar-refractivity contribution in [1.82, 2.24) is 9.78 Å². The molecule has 1 heterocycles. The van der Waals surface area contributed by atoms with Crippen LogP contribution in [0.5, 0.6) is 0 Å². The van der Waals surface area contributed by atoms with Crippen molar-refractivity contribution in [2.45, 2.75) is 26.4 Å². The Bertz CT molecular complexity index is 220. The highest BCUT2D eigenvalue weighted by Gasteiger charge is 1.95. The van der Waals surface area contributed by atoms with Gasteiger partial charge >= 0.3 is 0 Å². The van der Waals surface area contributed by atoms with Gasteiger partial charge in [0.15, 0.2) is 0 Å². The largest absolute Gasteiger partial charge is 0.375 e. The summed E-state index contributed by atoms with van der Waals surface area (Å²) in [6.07, 6.45) is 4.24. The van der Waals surface area contributed by atoms with Crippen LogP contribution in [0.15, 0.2) is 12.3 Å². The van der Waals surface area contributed by atoms with Crippen LogP contribution in [0, 0.1) is 0 Å². The summed E-state index contributed by atoms with van der Waals surface area (Å²) in [7, 11) is 1.91. The maximum Gasteiger partial charge on any atom is 0.0906 e. The molecule has 0 aliphatic heterocycles. The van der Waals surface area contributed by atoms with Gasteiger partial charge in [-0.05, 0) is 12.5 Å². The van der Waals surface area contributed by atoms with Gasteiger partial charge < -0.3 is 4.74 Å². The predicted octanol–water partition coefficient (Wildman–Crippen LogP) is 1.74. The molecule has 68 valence electrons. The van der Waals surface area contributed by atoms with Crippen molar-refractivity contribution in [1.29, 1.82) is 0 Å². The molecule has 0 radical (unpaired) electrons.